The van der Waals surface area contributed by atoms with E-state index >= 15 is 0 Å². The first-order valence-corrected chi connectivity index (χ1v) is 8.26. The quantitative estimate of drug-likeness (QED) is 0.597. The molecule has 0 aliphatic rings. The molecule has 0 saturated carbocycles. The van der Waals surface area contributed by atoms with Gasteiger partial charge >= 0.3 is 6.01 Å². The molecule has 4 rings (SSSR count). The zero-order chi connectivity index (χ0) is 19.0. The number of hydrogen-bond acceptors (Lipinski definition) is 6. The summed E-state index contributed by atoms with van der Waals surface area (Å²) in [5.41, 5.74) is 2.92. The Labute approximate surface area is 153 Å². The van der Waals surface area contributed by atoms with Crippen molar-refractivity contribution >= 4 is 22.9 Å². The summed E-state index contributed by atoms with van der Waals surface area (Å²) in [5.74, 6) is -0.485. The van der Waals surface area contributed by atoms with Gasteiger partial charge in [-0.3, -0.25) is 14.9 Å². The van der Waals surface area contributed by atoms with Gasteiger partial charge < -0.3 is 8.83 Å². The summed E-state index contributed by atoms with van der Waals surface area (Å²) in [6.45, 7) is 3.93. The van der Waals surface area contributed by atoms with E-state index < -0.39 is 5.91 Å². The molecule has 0 unspecified atom stereocenters. The van der Waals surface area contributed by atoms with Crippen LogP contribution >= 0.6 is 0 Å². The number of aryl methyl sites for hydroxylation is 2. The summed E-state index contributed by atoms with van der Waals surface area (Å²) in [6, 6.07) is 13.6. The van der Waals surface area contributed by atoms with Gasteiger partial charge in [0.1, 0.15) is 5.58 Å². The lowest BCUT2D eigenvalue weighted by Gasteiger charge is -2.03. The first-order valence-electron chi connectivity index (χ1n) is 8.26. The maximum atomic E-state index is 12.4. The third-order valence-electron chi connectivity index (χ3n) is 4.12. The second-order valence-electron chi connectivity index (χ2n) is 6.16. The molecule has 0 saturated heterocycles. The third-order valence-corrected chi connectivity index (χ3v) is 4.12. The Kier molecular flexibility index (Phi) is 4.04. The molecule has 7 heteroatoms. The van der Waals surface area contributed by atoms with Gasteiger partial charge in [-0.2, -0.15) is 0 Å². The molecule has 2 aromatic carbocycles. The zero-order valence-electron chi connectivity index (χ0n) is 14.6. The van der Waals surface area contributed by atoms with Gasteiger partial charge in [-0.05, 0) is 37.6 Å². The van der Waals surface area contributed by atoms with E-state index in [9.17, 15) is 9.59 Å². The van der Waals surface area contributed by atoms with Crippen LogP contribution in [0.15, 0.2) is 62.2 Å². The fraction of sp³-hybridized carbons (Fsp3) is 0.100. The van der Waals surface area contributed by atoms with Crippen molar-refractivity contribution in [1.29, 1.82) is 0 Å². The second-order valence-corrected chi connectivity index (χ2v) is 6.16. The molecule has 0 fully saturated rings. The van der Waals surface area contributed by atoms with Crippen molar-refractivity contribution in [2.45, 2.75) is 13.8 Å². The van der Waals surface area contributed by atoms with Crippen LogP contribution in [0, 0.1) is 13.8 Å². The minimum absolute atomic E-state index is 0.0780. The van der Waals surface area contributed by atoms with E-state index in [0.717, 1.165) is 22.8 Å². The Balaban J connectivity index is 1.61. The number of fused-ring (bicyclic) bond motifs is 1. The highest BCUT2D eigenvalue weighted by atomic mass is 16.4. The number of amides is 1. The summed E-state index contributed by atoms with van der Waals surface area (Å²) >= 11 is 0. The Bertz CT molecular complexity index is 1220. The lowest BCUT2D eigenvalue weighted by atomic mass is 10.1. The predicted molar refractivity (Wildman–Crippen MR) is 99.6 cm³/mol. The van der Waals surface area contributed by atoms with Crippen LogP contribution in [-0.4, -0.2) is 16.1 Å². The lowest BCUT2D eigenvalue weighted by Crippen LogP contribution is -2.15. The summed E-state index contributed by atoms with van der Waals surface area (Å²) in [7, 11) is 0. The van der Waals surface area contributed by atoms with Crippen molar-refractivity contribution < 1.29 is 13.6 Å². The van der Waals surface area contributed by atoms with Crippen LogP contribution in [0.25, 0.3) is 22.4 Å². The fourth-order valence-corrected chi connectivity index (χ4v) is 2.81. The zero-order valence-corrected chi connectivity index (χ0v) is 14.6. The van der Waals surface area contributed by atoms with E-state index in [-0.39, 0.29) is 17.2 Å². The molecule has 7 nitrogen and oxygen atoms in total. The van der Waals surface area contributed by atoms with Gasteiger partial charge in [-0.25, -0.2) is 0 Å². The standard InChI is InChI=1S/C20H15N3O4/c1-11-7-8-13(12(2)9-11)19-22-23-20(27-19)21-18(25)17-10-15(24)14-5-3-4-6-16(14)26-17/h3-10H,1-2H3,(H,21,23,25). The van der Waals surface area contributed by atoms with Crippen molar-refractivity contribution in [3.8, 4) is 11.5 Å². The van der Waals surface area contributed by atoms with Crippen LogP contribution in [0.2, 0.25) is 0 Å². The van der Waals surface area contributed by atoms with Crippen LogP contribution < -0.4 is 10.7 Å². The lowest BCUT2D eigenvalue weighted by molar-refractivity contribution is 0.0994. The number of hydrogen-bond donors (Lipinski definition) is 1. The topological polar surface area (TPSA) is 98.2 Å². The van der Waals surface area contributed by atoms with Gasteiger partial charge in [0, 0.05) is 11.6 Å². The molecule has 2 aromatic heterocycles. The third kappa shape index (κ3) is 3.22. The normalized spacial score (nSPS) is 10.9. The molecular formula is C20H15N3O4. The Morgan fingerprint density at radius 2 is 1.81 bits per heavy atom. The van der Waals surface area contributed by atoms with Crippen LogP contribution in [0.4, 0.5) is 6.01 Å². The maximum Gasteiger partial charge on any atom is 0.322 e. The molecule has 0 radical (unpaired) electrons. The van der Waals surface area contributed by atoms with E-state index in [1.807, 2.05) is 32.0 Å². The number of carbonyl (C=O) groups excluding carboxylic acids is 1. The molecule has 0 atom stereocenters. The van der Waals surface area contributed by atoms with Gasteiger partial charge in [0.15, 0.2) is 11.2 Å². The Morgan fingerprint density at radius 1 is 1.00 bits per heavy atom. The molecule has 1 amide bonds. The van der Waals surface area contributed by atoms with Crippen LogP contribution in [-0.2, 0) is 0 Å². The molecule has 134 valence electrons. The SMILES string of the molecule is Cc1ccc(-c2nnc(NC(=O)c3cc(=O)c4ccccc4o3)o2)c(C)c1. The van der Waals surface area contributed by atoms with Gasteiger partial charge in [0.05, 0.1) is 5.39 Å². The van der Waals surface area contributed by atoms with Crippen LogP contribution in [0.1, 0.15) is 21.7 Å². The van der Waals surface area contributed by atoms with E-state index in [0.29, 0.717) is 16.9 Å². The van der Waals surface area contributed by atoms with Crippen LogP contribution in [0.3, 0.4) is 0 Å². The smallest absolute Gasteiger partial charge is 0.322 e. The minimum atomic E-state index is -0.645. The number of carbonyl (C=O) groups is 1. The van der Waals surface area contributed by atoms with Crippen molar-refractivity contribution in [3.05, 3.63) is 75.6 Å². The fourth-order valence-electron chi connectivity index (χ4n) is 2.81. The minimum Gasteiger partial charge on any atom is -0.451 e. The number of aromatic nitrogens is 2. The van der Waals surface area contributed by atoms with Crippen molar-refractivity contribution in [2.24, 2.45) is 0 Å². The monoisotopic (exact) mass is 361 g/mol. The number of nitrogens with zero attached hydrogens (tertiary/aromatic N) is 2. The number of nitrogens with one attached hydrogen (secondary N) is 1. The van der Waals surface area contributed by atoms with Gasteiger partial charge in [-0.15, -0.1) is 5.10 Å². The largest absolute Gasteiger partial charge is 0.451 e. The molecule has 27 heavy (non-hydrogen) atoms. The molecule has 4 aromatic rings. The summed E-state index contributed by atoms with van der Waals surface area (Å²) in [5, 5.41) is 10.7. The summed E-state index contributed by atoms with van der Waals surface area (Å²) < 4.78 is 11.0. The van der Waals surface area contributed by atoms with E-state index in [1.165, 1.54) is 0 Å². The van der Waals surface area contributed by atoms with Crippen molar-refractivity contribution in [3.63, 3.8) is 0 Å². The van der Waals surface area contributed by atoms with E-state index in [1.54, 1.807) is 24.3 Å². The van der Waals surface area contributed by atoms with Gasteiger partial charge in [-0.1, -0.05) is 34.9 Å². The average Bonchev–Trinajstić information content (AvgIpc) is 3.09. The number of anilines is 1. The van der Waals surface area contributed by atoms with Gasteiger partial charge in [0.25, 0.3) is 5.91 Å². The molecule has 0 spiro atoms. The average molecular weight is 361 g/mol. The highest BCUT2D eigenvalue weighted by Crippen LogP contribution is 2.24. The maximum absolute atomic E-state index is 12.4. The first kappa shape index (κ1) is 16.7. The Morgan fingerprint density at radius 3 is 2.63 bits per heavy atom. The first-order chi connectivity index (χ1) is 13.0. The summed E-state index contributed by atoms with van der Waals surface area (Å²) in [4.78, 5) is 24.5. The highest BCUT2D eigenvalue weighted by molar-refractivity contribution is 6.01. The Hall–Kier alpha value is -3.74. The molecule has 0 bridgehead atoms. The molecular weight excluding hydrogens is 346 g/mol. The number of benzene rings is 2. The number of rotatable bonds is 3. The van der Waals surface area contributed by atoms with Gasteiger partial charge in [0.2, 0.25) is 5.89 Å². The molecule has 2 heterocycles. The molecule has 0 aliphatic heterocycles. The summed E-state index contributed by atoms with van der Waals surface area (Å²) in [6.07, 6.45) is 0. The van der Waals surface area contributed by atoms with E-state index in [4.69, 9.17) is 8.83 Å². The van der Waals surface area contributed by atoms with E-state index in [2.05, 4.69) is 15.5 Å². The van der Waals surface area contributed by atoms with Crippen molar-refractivity contribution in [1.82, 2.24) is 10.2 Å². The molecule has 0 aliphatic carbocycles. The highest BCUT2D eigenvalue weighted by Gasteiger charge is 2.17. The predicted octanol–water partition coefficient (Wildman–Crippen LogP) is 3.71. The molecule has 1 N–H and O–H groups in total. The second kappa shape index (κ2) is 6.53. The number of para-hydroxylation sites is 1. The van der Waals surface area contributed by atoms with Crippen molar-refractivity contribution in [2.75, 3.05) is 5.32 Å². The van der Waals surface area contributed by atoms with Crippen LogP contribution in [0.5, 0.6) is 0 Å².